The molecule has 0 amide bonds. The molecule has 5 aliphatic rings. The zero-order valence-corrected chi connectivity index (χ0v) is 25.0. The van der Waals surface area contributed by atoms with Gasteiger partial charge in [0.15, 0.2) is 5.78 Å². The van der Waals surface area contributed by atoms with Gasteiger partial charge in [0.1, 0.15) is 0 Å². The molecule has 0 aromatic carbocycles. The van der Waals surface area contributed by atoms with E-state index in [1.54, 1.807) is 17.3 Å². The summed E-state index contributed by atoms with van der Waals surface area (Å²) in [4.78, 5) is 14.4. The van der Waals surface area contributed by atoms with Crippen molar-refractivity contribution in [3.05, 3.63) is 11.6 Å². The van der Waals surface area contributed by atoms with Gasteiger partial charge in [-0.25, -0.2) is 0 Å². The molecule has 0 radical (unpaired) electrons. The van der Waals surface area contributed by atoms with E-state index in [-0.39, 0.29) is 27.6 Å². The van der Waals surface area contributed by atoms with Crippen LogP contribution in [0, 0.1) is 50.2 Å². The van der Waals surface area contributed by atoms with Gasteiger partial charge in [-0.3, -0.25) is 4.79 Å². The first-order valence-corrected chi connectivity index (χ1v) is 15.9. The van der Waals surface area contributed by atoms with Crippen LogP contribution in [0.1, 0.15) is 113 Å². The SMILES string of the molecule is CSCO[C@H]1CC[C@]2(C)[C@H]3C(=O)C=C4[C@@H]5CC(C)(C)CC[C@]5(C)CC[C@@]4(C)[C@]3(C)CC[C@H]2C1(C)C. The summed E-state index contributed by atoms with van der Waals surface area (Å²) in [6.45, 7) is 20.0. The molecular weight excluding hydrogens is 448 g/mol. The van der Waals surface area contributed by atoms with Crippen LogP contribution in [0.3, 0.4) is 0 Å². The third kappa shape index (κ3) is 3.55. The van der Waals surface area contributed by atoms with Gasteiger partial charge in [-0.05, 0) is 114 Å². The first kappa shape index (κ1) is 26.3. The summed E-state index contributed by atoms with van der Waals surface area (Å²) in [6.07, 6.45) is 15.8. The molecule has 0 aromatic heterocycles. The first-order valence-electron chi connectivity index (χ1n) is 14.5. The number of carbonyl (C=O) groups is 1. The van der Waals surface area contributed by atoms with E-state index in [9.17, 15) is 4.79 Å². The Kier molecular flexibility index (Phi) is 6.10. The highest BCUT2D eigenvalue weighted by atomic mass is 32.2. The van der Waals surface area contributed by atoms with Crippen molar-refractivity contribution in [1.82, 2.24) is 0 Å². The fourth-order valence-electron chi connectivity index (χ4n) is 10.8. The maximum Gasteiger partial charge on any atom is 0.159 e. The number of ether oxygens (including phenoxy) is 1. The van der Waals surface area contributed by atoms with E-state index in [1.165, 1.54) is 44.9 Å². The van der Waals surface area contributed by atoms with E-state index in [1.807, 2.05) is 0 Å². The predicted octanol–water partition coefficient (Wildman–Crippen LogP) is 8.69. The molecule has 198 valence electrons. The zero-order chi connectivity index (χ0) is 25.7. The van der Waals surface area contributed by atoms with Crippen LogP contribution in [0.25, 0.3) is 0 Å². The van der Waals surface area contributed by atoms with Crippen LogP contribution in [-0.2, 0) is 9.53 Å². The summed E-state index contributed by atoms with van der Waals surface area (Å²) in [5, 5.41) is 0. The molecule has 3 heteroatoms. The fraction of sp³-hybridized carbons (Fsp3) is 0.906. The normalized spacial score (nSPS) is 50.3. The smallest absolute Gasteiger partial charge is 0.159 e. The Balaban J connectivity index is 1.56. The molecule has 0 spiro atoms. The van der Waals surface area contributed by atoms with Gasteiger partial charge < -0.3 is 4.74 Å². The maximum absolute atomic E-state index is 14.4. The average Bonchev–Trinajstić information content (AvgIpc) is 2.75. The number of hydrogen-bond acceptors (Lipinski definition) is 3. The minimum atomic E-state index is 0.0599. The Hall–Kier alpha value is -0.280. The molecule has 35 heavy (non-hydrogen) atoms. The summed E-state index contributed by atoms with van der Waals surface area (Å²) < 4.78 is 6.39. The van der Waals surface area contributed by atoms with Gasteiger partial charge in [-0.2, -0.15) is 0 Å². The fourth-order valence-corrected chi connectivity index (χ4v) is 11.1. The Morgan fingerprint density at radius 1 is 0.914 bits per heavy atom. The monoisotopic (exact) mass is 500 g/mol. The Morgan fingerprint density at radius 3 is 2.29 bits per heavy atom. The van der Waals surface area contributed by atoms with Crippen LogP contribution in [0.5, 0.6) is 0 Å². The summed E-state index contributed by atoms with van der Waals surface area (Å²) in [7, 11) is 0. The number of ketones is 1. The van der Waals surface area contributed by atoms with Crippen molar-refractivity contribution in [1.29, 1.82) is 0 Å². The number of allylic oxidation sites excluding steroid dienone is 2. The van der Waals surface area contributed by atoms with Crippen molar-refractivity contribution >= 4 is 17.5 Å². The van der Waals surface area contributed by atoms with Crippen LogP contribution < -0.4 is 0 Å². The van der Waals surface area contributed by atoms with Crippen molar-refractivity contribution in [3.8, 4) is 0 Å². The minimum Gasteiger partial charge on any atom is -0.367 e. The molecule has 0 heterocycles. The van der Waals surface area contributed by atoms with Crippen molar-refractivity contribution in [2.45, 2.75) is 119 Å². The van der Waals surface area contributed by atoms with Crippen molar-refractivity contribution < 1.29 is 9.53 Å². The quantitative estimate of drug-likeness (QED) is 0.362. The lowest BCUT2D eigenvalue weighted by Gasteiger charge is -2.70. The van der Waals surface area contributed by atoms with Crippen LogP contribution in [0.2, 0.25) is 0 Å². The second-order valence-corrected chi connectivity index (χ2v) is 16.6. The van der Waals surface area contributed by atoms with Gasteiger partial charge in [0.25, 0.3) is 0 Å². The van der Waals surface area contributed by atoms with Gasteiger partial charge in [0.2, 0.25) is 0 Å². The molecule has 0 bridgehead atoms. The first-order chi connectivity index (χ1) is 16.1. The number of thioether (sulfide) groups is 1. The molecule has 4 fully saturated rings. The Morgan fingerprint density at radius 2 is 1.60 bits per heavy atom. The molecule has 0 aliphatic heterocycles. The molecule has 5 aliphatic carbocycles. The van der Waals surface area contributed by atoms with E-state index < -0.39 is 0 Å². The molecule has 0 saturated heterocycles. The van der Waals surface area contributed by atoms with Crippen LogP contribution in [-0.4, -0.2) is 24.1 Å². The third-order valence-corrected chi connectivity index (χ3v) is 13.5. The molecule has 0 N–H and O–H groups in total. The van der Waals surface area contributed by atoms with Crippen LogP contribution >= 0.6 is 11.8 Å². The summed E-state index contributed by atoms with van der Waals surface area (Å²) in [6, 6.07) is 0. The predicted molar refractivity (Wildman–Crippen MR) is 148 cm³/mol. The number of hydrogen-bond donors (Lipinski definition) is 0. The number of carbonyl (C=O) groups excluding carboxylic acids is 1. The van der Waals surface area contributed by atoms with Crippen molar-refractivity contribution in [3.63, 3.8) is 0 Å². The Labute approximate surface area is 220 Å². The summed E-state index contributed by atoms with van der Waals surface area (Å²) in [5.74, 6) is 2.50. The summed E-state index contributed by atoms with van der Waals surface area (Å²) >= 11 is 1.78. The van der Waals surface area contributed by atoms with E-state index in [0.29, 0.717) is 34.6 Å². The van der Waals surface area contributed by atoms with Crippen LogP contribution in [0.15, 0.2) is 11.6 Å². The molecule has 8 atom stereocenters. The van der Waals surface area contributed by atoms with E-state index in [2.05, 4.69) is 67.7 Å². The molecule has 0 unspecified atom stereocenters. The van der Waals surface area contributed by atoms with Gasteiger partial charge in [0, 0.05) is 5.92 Å². The molecule has 4 saturated carbocycles. The molecular formula is C32H52O2S. The average molecular weight is 501 g/mol. The number of fused-ring (bicyclic) bond motifs is 7. The van der Waals surface area contributed by atoms with E-state index in [0.717, 1.165) is 18.8 Å². The molecule has 0 aromatic rings. The second-order valence-electron chi connectivity index (χ2n) is 15.8. The third-order valence-electron chi connectivity index (χ3n) is 13.1. The topological polar surface area (TPSA) is 26.3 Å². The van der Waals surface area contributed by atoms with Gasteiger partial charge >= 0.3 is 0 Å². The lowest BCUT2D eigenvalue weighted by Crippen LogP contribution is -2.66. The lowest BCUT2D eigenvalue weighted by molar-refractivity contribution is -0.206. The molecule has 5 rings (SSSR count). The summed E-state index contributed by atoms with van der Waals surface area (Å²) in [5.41, 5.74) is 2.69. The van der Waals surface area contributed by atoms with Gasteiger partial charge in [0.05, 0.1) is 12.0 Å². The number of rotatable bonds is 3. The van der Waals surface area contributed by atoms with E-state index >= 15 is 0 Å². The Bertz CT molecular complexity index is 919. The second kappa shape index (κ2) is 8.11. The van der Waals surface area contributed by atoms with E-state index in [4.69, 9.17) is 4.74 Å². The van der Waals surface area contributed by atoms with Gasteiger partial charge in [-0.1, -0.05) is 61.0 Å². The highest BCUT2D eigenvalue weighted by Crippen LogP contribution is 2.75. The van der Waals surface area contributed by atoms with Gasteiger partial charge in [-0.15, -0.1) is 11.8 Å². The largest absolute Gasteiger partial charge is 0.367 e. The van der Waals surface area contributed by atoms with Crippen LogP contribution in [0.4, 0.5) is 0 Å². The zero-order valence-electron chi connectivity index (χ0n) is 24.2. The van der Waals surface area contributed by atoms with Crippen molar-refractivity contribution in [2.75, 3.05) is 12.2 Å². The van der Waals surface area contributed by atoms with Crippen molar-refractivity contribution in [2.24, 2.45) is 50.2 Å². The highest BCUT2D eigenvalue weighted by Gasteiger charge is 2.70. The standard InChI is InChI=1S/C32H52O2S/c1-27(2)14-15-29(5)16-17-31(7)21(22(29)19-27)18-23(33)26-30(6)12-11-25(34-20-35-9)28(3,4)24(30)10-13-32(26,31)8/h18,22,24-26H,10-17,19-20H2,1-9H3/t22-,24-,25-,26+,29+,30-,31+,32+/m0/s1. The minimum absolute atomic E-state index is 0.0599. The maximum atomic E-state index is 14.4. The lowest BCUT2D eigenvalue weighted by atomic mass is 9.33. The highest BCUT2D eigenvalue weighted by molar-refractivity contribution is 7.98. The molecule has 2 nitrogen and oxygen atoms in total.